The average molecular weight is 324 g/mol. The Morgan fingerprint density at radius 3 is 2.68 bits per heavy atom. The Labute approximate surface area is 132 Å². The van der Waals surface area contributed by atoms with Crippen LogP contribution in [-0.2, 0) is 21.3 Å². The number of carbonyl (C=O) groups is 2. The van der Waals surface area contributed by atoms with Crippen LogP contribution < -0.4 is 5.32 Å². The van der Waals surface area contributed by atoms with Gasteiger partial charge in [0.15, 0.2) is 0 Å². The highest BCUT2D eigenvalue weighted by atomic mass is 32.2. The SMILES string of the molecule is O=C(O)C1CCN(C(=O)NCCS(=O)Cc2ccccc2)C1. The third-order valence-corrected chi connectivity index (χ3v) is 4.92. The van der Waals surface area contributed by atoms with Gasteiger partial charge < -0.3 is 15.3 Å². The molecule has 7 heteroatoms. The molecule has 1 aliphatic heterocycles. The number of carboxylic acids is 1. The molecule has 2 unspecified atom stereocenters. The number of carbonyl (C=O) groups excluding carboxylic acids is 1. The second kappa shape index (κ2) is 7.93. The van der Waals surface area contributed by atoms with E-state index in [1.54, 1.807) is 0 Å². The van der Waals surface area contributed by atoms with Gasteiger partial charge in [-0.3, -0.25) is 9.00 Å². The normalized spacial score (nSPS) is 18.9. The zero-order chi connectivity index (χ0) is 15.9. The van der Waals surface area contributed by atoms with Crippen molar-refractivity contribution in [1.82, 2.24) is 10.2 Å². The summed E-state index contributed by atoms with van der Waals surface area (Å²) in [7, 11) is -1.03. The minimum atomic E-state index is -1.03. The van der Waals surface area contributed by atoms with E-state index in [0.29, 0.717) is 31.0 Å². The molecule has 2 amide bonds. The van der Waals surface area contributed by atoms with Gasteiger partial charge in [0, 0.05) is 41.9 Å². The number of aliphatic carboxylic acids is 1. The molecule has 120 valence electrons. The molecular formula is C15H20N2O4S. The third-order valence-electron chi connectivity index (χ3n) is 3.60. The quantitative estimate of drug-likeness (QED) is 0.819. The van der Waals surface area contributed by atoms with Gasteiger partial charge in [-0.15, -0.1) is 0 Å². The molecule has 0 spiro atoms. The second-order valence-corrected chi connectivity index (χ2v) is 6.85. The van der Waals surface area contributed by atoms with Crippen LogP contribution in [0, 0.1) is 5.92 Å². The van der Waals surface area contributed by atoms with E-state index in [9.17, 15) is 13.8 Å². The molecular weight excluding hydrogens is 304 g/mol. The Morgan fingerprint density at radius 2 is 2.05 bits per heavy atom. The van der Waals surface area contributed by atoms with Gasteiger partial charge in [0.05, 0.1) is 5.92 Å². The Balaban J connectivity index is 1.67. The molecule has 0 bridgehead atoms. The number of rotatable bonds is 6. The van der Waals surface area contributed by atoms with E-state index in [-0.39, 0.29) is 12.6 Å². The van der Waals surface area contributed by atoms with Crippen LogP contribution >= 0.6 is 0 Å². The number of hydrogen-bond acceptors (Lipinski definition) is 3. The molecule has 0 aromatic heterocycles. The summed E-state index contributed by atoms with van der Waals surface area (Å²) < 4.78 is 11.9. The highest BCUT2D eigenvalue weighted by Gasteiger charge is 2.30. The van der Waals surface area contributed by atoms with Crippen molar-refractivity contribution in [1.29, 1.82) is 0 Å². The van der Waals surface area contributed by atoms with Crippen LogP contribution in [0.15, 0.2) is 30.3 Å². The van der Waals surface area contributed by atoms with E-state index in [4.69, 9.17) is 5.11 Å². The van der Waals surface area contributed by atoms with Gasteiger partial charge in [0.1, 0.15) is 0 Å². The number of hydrogen-bond donors (Lipinski definition) is 2. The summed E-state index contributed by atoms with van der Waals surface area (Å²) in [4.78, 5) is 24.2. The van der Waals surface area contributed by atoms with Crippen LogP contribution in [-0.4, -0.2) is 51.6 Å². The van der Waals surface area contributed by atoms with Gasteiger partial charge in [-0.1, -0.05) is 30.3 Å². The van der Waals surface area contributed by atoms with Gasteiger partial charge in [0.25, 0.3) is 0 Å². The maximum absolute atomic E-state index is 11.9. The predicted octanol–water partition coefficient (Wildman–Crippen LogP) is 1.05. The van der Waals surface area contributed by atoms with Gasteiger partial charge >= 0.3 is 12.0 Å². The number of carboxylic acid groups (broad SMARTS) is 1. The predicted molar refractivity (Wildman–Crippen MR) is 83.9 cm³/mol. The molecule has 0 aliphatic carbocycles. The summed E-state index contributed by atoms with van der Waals surface area (Å²) in [5, 5.41) is 11.6. The second-order valence-electron chi connectivity index (χ2n) is 5.28. The first-order valence-electron chi connectivity index (χ1n) is 7.20. The summed E-state index contributed by atoms with van der Waals surface area (Å²) in [5.74, 6) is -0.476. The topological polar surface area (TPSA) is 86.7 Å². The van der Waals surface area contributed by atoms with Crippen LogP contribution in [0.1, 0.15) is 12.0 Å². The summed E-state index contributed by atoms with van der Waals surface area (Å²) in [5.41, 5.74) is 1.01. The maximum atomic E-state index is 11.9. The molecule has 1 aliphatic rings. The fourth-order valence-electron chi connectivity index (χ4n) is 2.36. The van der Waals surface area contributed by atoms with E-state index in [2.05, 4.69) is 5.32 Å². The minimum absolute atomic E-state index is 0.244. The van der Waals surface area contributed by atoms with Crippen molar-refractivity contribution in [2.75, 3.05) is 25.4 Å². The van der Waals surface area contributed by atoms with Crippen LogP contribution in [0.3, 0.4) is 0 Å². The Bertz CT molecular complexity index is 550. The van der Waals surface area contributed by atoms with Gasteiger partial charge in [-0.25, -0.2) is 4.79 Å². The highest BCUT2D eigenvalue weighted by Crippen LogP contribution is 2.15. The van der Waals surface area contributed by atoms with E-state index in [1.807, 2.05) is 30.3 Å². The average Bonchev–Trinajstić information content (AvgIpc) is 2.98. The molecule has 1 heterocycles. The molecule has 0 saturated carbocycles. The molecule has 1 aromatic rings. The number of likely N-dealkylation sites (tertiary alicyclic amines) is 1. The van der Waals surface area contributed by atoms with Gasteiger partial charge in [0.2, 0.25) is 0 Å². The number of nitrogens with one attached hydrogen (secondary N) is 1. The number of amides is 2. The number of nitrogens with zero attached hydrogens (tertiary/aromatic N) is 1. The van der Waals surface area contributed by atoms with Crippen LogP contribution in [0.5, 0.6) is 0 Å². The maximum Gasteiger partial charge on any atom is 0.317 e. The first kappa shape index (κ1) is 16.5. The van der Waals surface area contributed by atoms with Crippen molar-refractivity contribution in [2.45, 2.75) is 12.2 Å². The largest absolute Gasteiger partial charge is 0.481 e. The third kappa shape index (κ3) is 4.84. The van der Waals surface area contributed by atoms with Crippen molar-refractivity contribution in [3.8, 4) is 0 Å². The number of benzene rings is 1. The summed E-state index contributed by atoms with van der Waals surface area (Å²) in [6.45, 7) is 1.02. The molecule has 22 heavy (non-hydrogen) atoms. The Kier molecular flexibility index (Phi) is 5.94. The smallest absolute Gasteiger partial charge is 0.317 e. The molecule has 2 N–H and O–H groups in total. The fourth-order valence-corrected chi connectivity index (χ4v) is 3.40. The zero-order valence-electron chi connectivity index (χ0n) is 12.2. The molecule has 1 aromatic carbocycles. The Hall–Kier alpha value is -1.89. The van der Waals surface area contributed by atoms with Crippen molar-refractivity contribution in [3.05, 3.63) is 35.9 Å². The van der Waals surface area contributed by atoms with Crippen molar-refractivity contribution < 1.29 is 18.9 Å². The first-order chi connectivity index (χ1) is 10.6. The van der Waals surface area contributed by atoms with Crippen LogP contribution in [0.25, 0.3) is 0 Å². The van der Waals surface area contributed by atoms with Gasteiger partial charge in [-0.2, -0.15) is 0 Å². The molecule has 1 fully saturated rings. The molecule has 1 saturated heterocycles. The zero-order valence-corrected chi connectivity index (χ0v) is 13.1. The lowest BCUT2D eigenvalue weighted by Crippen LogP contribution is -2.40. The van der Waals surface area contributed by atoms with E-state index >= 15 is 0 Å². The lowest BCUT2D eigenvalue weighted by molar-refractivity contribution is -0.141. The van der Waals surface area contributed by atoms with Crippen molar-refractivity contribution >= 4 is 22.8 Å². The number of urea groups is 1. The summed E-state index contributed by atoms with van der Waals surface area (Å²) >= 11 is 0. The molecule has 0 radical (unpaired) electrons. The van der Waals surface area contributed by atoms with Gasteiger partial charge in [-0.05, 0) is 12.0 Å². The monoisotopic (exact) mass is 324 g/mol. The van der Waals surface area contributed by atoms with Crippen molar-refractivity contribution in [2.24, 2.45) is 5.92 Å². The highest BCUT2D eigenvalue weighted by molar-refractivity contribution is 7.84. The van der Waals surface area contributed by atoms with E-state index in [1.165, 1.54) is 4.90 Å². The van der Waals surface area contributed by atoms with E-state index in [0.717, 1.165) is 5.56 Å². The summed E-state index contributed by atoms with van der Waals surface area (Å²) in [6, 6.07) is 9.29. The lowest BCUT2D eigenvalue weighted by atomic mass is 10.1. The standard InChI is InChI=1S/C15H20N2O4S/c18-14(19)13-6-8-17(10-13)15(20)16-7-9-22(21)11-12-4-2-1-3-5-12/h1-5,13H,6-11H2,(H,16,20)(H,18,19). The van der Waals surface area contributed by atoms with Crippen LogP contribution in [0.4, 0.5) is 4.79 Å². The first-order valence-corrected chi connectivity index (χ1v) is 8.69. The molecule has 2 atom stereocenters. The molecule has 2 rings (SSSR count). The molecule has 6 nitrogen and oxygen atoms in total. The summed E-state index contributed by atoms with van der Waals surface area (Å²) in [6.07, 6.45) is 0.489. The Morgan fingerprint density at radius 1 is 1.32 bits per heavy atom. The lowest BCUT2D eigenvalue weighted by Gasteiger charge is -2.16. The fraction of sp³-hybridized carbons (Fsp3) is 0.467. The van der Waals surface area contributed by atoms with Crippen LogP contribution in [0.2, 0.25) is 0 Å². The van der Waals surface area contributed by atoms with E-state index < -0.39 is 22.7 Å². The van der Waals surface area contributed by atoms with Crippen molar-refractivity contribution in [3.63, 3.8) is 0 Å². The minimum Gasteiger partial charge on any atom is -0.481 e.